The van der Waals surface area contributed by atoms with Crippen LogP contribution in [0.1, 0.15) is 27.8 Å². The Kier molecular flexibility index (Phi) is 7.63. The van der Waals surface area contributed by atoms with E-state index in [1.165, 1.54) is 16.7 Å². The zero-order valence-electron chi connectivity index (χ0n) is 19.8. The van der Waals surface area contributed by atoms with Crippen LogP contribution in [-0.4, -0.2) is 49.4 Å². The fourth-order valence-corrected chi connectivity index (χ4v) is 4.04. The molecule has 0 aromatic heterocycles. The molecule has 0 amide bonds. The first-order valence-electron chi connectivity index (χ1n) is 11.5. The van der Waals surface area contributed by atoms with E-state index < -0.39 is 0 Å². The Morgan fingerprint density at radius 1 is 0.879 bits per heavy atom. The molecule has 3 aromatic rings. The molecule has 1 aliphatic heterocycles. The van der Waals surface area contributed by atoms with Crippen molar-refractivity contribution in [2.75, 3.05) is 33.3 Å². The van der Waals surface area contributed by atoms with Gasteiger partial charge in [-0.1, -0.05) is 54.1 Å². The standard InChI is InChI=1S/C28H33N3O2/c1-22-9-11-26(23(2)17-22)20-30-13-15-31(16-14-30)29-19-25-10-12-27(28(18-25)32-3)33-21-24-7-5-4-6-8-24/h4-12,17-19H,13-16,20-21H2,1-3H3. The van der Waals surface area contributed by atoms with E-state index in [0.717, 1.165) is 49.6 Å². The van der Waals surface area contributed by atoms with Gasteiger partial charge in [0.25, 0.3) is 0 Å². The van der Waals surface area contributed by atoms with Crippen molar-refractivity contribution in [2.24, 2.45) is 5.10 Å². The van der Waals surface area contributed by atoms with Gasteiger partial charge in [-0.15, -0.1) is 0 Å². The van der Waals surface area contributed by atoms with E-state index in [-0.39, 0.29) is 0 Å². The molecule has 3 aromatic carbocycles. The molecule has 0 N–H and O–H groups in total. The van der Waals surface area contributed by atoms with Gasteiger partial charge in [-0.2, -0.15) is 5.10 Å². The van der Waals surface area contributed by atoms with Gasteiger partial charge in [-0.05, 0) is 54.3 Å². The van der Waals surface area contributed by atoms with Crippen LogP contribution in [0.2, 0.25) is 0 Å². The van der Waals surface area contributed by atoms with Crippen molar-refractivity contribution in [2.45, 2.75) is 27.0 Å². The van der Waals surface area contributed by atoms with Crippen molar-refractivity contribution in [3.8, 4) is 11.5 Å². The van der Waals surface area contributed by atoms with Crippen LogP contribution in [0.25, 0.3) is 0 Å². The maximum Gasteiger partial charge on any atom is 0.161 e. The molecule has 0 aliphatic carbocycles. The number of piperazine rings is 1. The molecule has 5 nitrogen and oxygen atoms in total. The summed E-state index contributed by atoms with van der Waals surface area (Å²) in [5, 5.41) is 6.85. The van der Waals surface area contributed by atoms with Gasteiger partial charge in [0.1, 0.15) is 6.61 Å². The third-order valence-corrected chi connectivity index (χ3v) is 6.04. The minimum Gasteiger partial charge on any atom is -0.493 e. The molecular weight excluding hydrogens is 410 g/mol. The van der Waals surface area contributed by atoms with Crippen LogP contribution in [-0.2, 0) is 13.2 Å². The van der Waals surface area contributed by atoms with Crippen LogP contribution in [0, 0.1) is 13.8 Å². The number of nitrogens with zero attached hydrogens (tertiary/aromatic N) is 3. The highest BCUT2D eigenvalue weighted by atomic mass is 16.5. The summed E-state index contributed by atoms with van der Waals surface area (Å²) in [6.07, 6.45) is 1.91. The second-order valence-corrected chi connectivity index (χ2v) is 8.59. The van der Waals surface area contributed by atoms with Crippen LogP contribution in [0.3, 0.4) is 0 Å². The quantitative estimate of drug-likeness (QED) is 0.457. The highest BCUT2D eigenvalue weighted by molar-refractivity contribution is 5.80. The monoisotopic (exact) mass is 443 g/mol. The number of benzene rings is 3. The van der Waals surface area contributed by atoms with E-state index in [0.29, 0.717) is 12.4 Å². The highest BCUT2D eigenvalue weighted by Crippen LogP contribution is 2.28. The van der Waals surface area contributed by atoms with Crippen molar-refractivity contribution < 1.29 is 9.47 Å². The minimum atomic E-state index is 0.511. The maximum absolute atomic E-state index is 5.95. The number of methoxy groups -OCH3 is 1. The summed E-state index contributed by atoms with van der Waals surface area (Å²) in [5.41, 5.74) is 6.24. The second-order valence-electron chi connectivity index (χ2n) is 8.59. The van der Waals surface area contributed by atoms with Crippen molar-refractivity contribution in [3.05, 3.63) is 94.5 Å². The summed E-state index contributed by atoms with van der Waals surface area (Å²) >= 11 is 0. The molecule has 4 rings (SSSR count). The average Bonchev–Trinajstić information content (AvgIpc) is 2.85. The maximum atomic E-state index is 5.95. The normalized spacial score (nSPS) is 14.6. The molecule has 0 bridgehead atoms. The summed E-state index contributed by atoms with van der Waals surface area (Å²) in [7, 11) is 1.67. The first-order chi connectivity index (χ1) is 16.1. The molecule has 0 atom stereocenters. The summed E-state index contributed by atoms with van der Waals surface area (Å²) < 4.78 is 11.5. The SMILES string of the molecule is COc1cc(C=NN2CCN(Cc3ccc(C)cc3C)CC2)ccc1OCc1ccccc1. The lowest BCUT2D eigenvalue weighted by molar-refractivity contribution is 0.131. The number of hydrogen-bond donors (Lipinski definition) is 0. The van der Waals surface area contributed by atoms with E-state index in [1.54, 1.807) is 7.11 Å². The Morgan fingerprint density at radius 3 is 2.39 bits per heavy atom. The smallest absolute Gasteiger partial charge is 0.161 e. The molecule has 33 heavy (non-hydrogen) atoms. The largest absolute Gasteiger partial charge is 0.493 e. The Bertz CT molecular complexity index is 1070. The van der Waals surface area contributed by atoms with Gasteiger partial charge in [-0.3, -0.25) is 9.91 Å². The molecule has 1 aliphatic rings. The van der Waals surface area contributed by atoms with E-state index in [9.17, 15) is 0 Å². The zero-order valence-corrected chi connectivity index (χ0v) is 19.8. The Hall–Kier alpha value is -3.31. The van der Waals surface area contributed by atoms with E-state index in [1.807, 2.05) is 42.6 Å². The van der Waals surface area contributed by atoms with Gasteiger partial charge in [-0.25, -0.2) is 0 Å². The van der Waals surface area contributed by atoms with Crippen LogP contribution >= 0.6 is 0 Å². The predicted molar refractivity (Wildman–Crippen MR) is 134 cm³/mol. The fraction of sp³-hybridized carbons (Fsp3) is 0.321. The molecular formula is C28H33N3O2. The number of ether oxygens (including phenoxy) is 2. The number of hydrogen-bond acceptors (Lipinski definition) is 5. The summed E-state index contributed by atoms with van der Waals surface area (Å²) in [4.78, 5) is 2.51. The Labute approximate surface area is 197 Å². The molecule has 0 radical (unpaired) electrons. The Morgan fingerprint density at radius 2 is 1.67 bits per heavy atom. The van der Waals surface area contributed by atoms with Gasteiger partial charge in [0.05, 0.1) is 13.3 Å². The average molecular weight is 444 g/mol. The summed E-state index contributed by atoms with van der Waals surface area (Å²) in [5.74, 6) is 1.45. The van der Waals surface area contributed by atoms with Crippen LogP contribution in [0.5, 0.6) is 11.5 Å². The van der Waals surface area contributed by atoms with E-state index in [4.69, 9.17) is 14.6 Å². The molecule has 172 valence electrons. The highest BCUT2D eigenvalue weighted by Gasteiger charge is 2.16. The van der Waals surface area contributed by atoms with E-state index in [2.05, 4.69) is 54.1 Å². The van der Waals surface area contributed by atoms with Crippen LogP contribution < -0.4 is 9.47 Å². The summed E-state index contributed by atoms with van der Waals surface area (Å²) in [6.45, 7) is 9.75. The van der Waals surface area contributed by atoms with Crippen molar-refractivity contribution in [3.63, 3.8) is 0 Å². The van der Waals surface area contributed by atoms with Gasteiger partial charge in [0.2, 0.25) is 0 Å². The fourth-order valence-electron chi connectivity index (χ4n) is 4.04. The number of hydrazone groups is 1. The van der Waals surface area contributed by atoms with Gasteiger partial charge < -0.3 is 9.47 Å². The topological polar surface area (TPSA) is 37.3 Å². The van der Waals surface area contributed by atoms with Crippen molar-refractivity contribution >= 4 is 6.21 Å². The van der Waals surface area contributed by atoms with Crippen LogP contribution in [0.15, 0.2) is 71.8 Å². The van der Waals surface area contributed by atoms with E-state index >= 15 is 0 Å². The van der Waals surface area contributed by atoms with Gasteiger partial charge in [0.15, 0.2) is 11.5 Å². The molecule has 5 heteroatoms. The lowest BCUT2D eigenvalue weighted by Gasteiger charge is -2.33. The van der Waals surface area contributed by atoms with Gasteiger partial charge in [0, 0.05) is 32.7 Å². The molecule has 1 fully saturated rings. The third-order valence-electron chi connectivity index (χ3n) is 6.04. The Balaban J connectivity index is 1.30. The first kappa shape index (κ1) is 22.9. The first-order valence-corrected chi connectivity index (χ1v) is 11.5. The van der Waals surface area contributed by atoms with Crippen LogP contribution in [0.4, 0.5) is 0 Å². The second kappa shape index (κ2) is 11.0. The minimum absolute atomic E-state index is 0.511. The molecule has 0 unspecified atom stereocenters. The molecule has 1 saturated heterocycles. The lowest BCUT2D eigenvalue weighted by Crippen LogP contribution is -2.43. The predicted octanol–water partition coefficient (Wildman–Crippen LogP) is 5.04. The zero-order chi connectivity index (χ0) is 23.0. The van der Waals surface area contributed by atoms with Gasteiger partial charge >= 0.3 is 0 Å². The molecule has 0 spiro atoms. The summed E-state index contributed by atoms with van der Waals surface area (Å²) in [6, 6.07) is 22.8. The third kappa shape index (κ3) is 6.36. The molecule has 0 saturated carbocycles. The number of rotatable bonds is 8. The van der Waals surface area contributed by atoms with Crippen molar-refractivity contribution in [1.29, 1.82) is 0 Å². The number of aryl methyl sites for hydroxylation is 2. The molecule has 1 heterocycles. The lowest BCUT2D eigenvalue weighted by atomic mass is 10.1. The van der Waals surface area contributed by atoms with Crippen molar-refractivity contribution in [1.82, 2.24) is 9.91 Å².